The van der Waals surface area contributed by atoms with Crippen LogP contribution >= 0.6 is 11.6 Å². The standard InChI is InChI=1S/C16H12ClN3O6/c17-10-5-9(15(21)11(6-10)20(23)24)7-18-19-16(22)14-8-25-12-3-1-2-4-13(12)26-14/h1-7,14,21H,8H2,(H,19,22)/p-1/b18-7-/t14-/m0/s1. The van der Waals surface area contributed by atoms with Gasteiger partial charge in [-0.2, -0.15) is 5.10 Å². The summed E-state index contributed by atoms with van der Waals surface area (Å²) < 4.78 is 10.9. The Morgan fingerprint density at radius 1 is 1.35 bits per heavy atom. The molecule has 1 atom stereocenters. The summed E-state index contributed by atoms with van der Waals surface area (Å²) in [5, 5.41) is 26.4. The highest BCUT2D eigenvalue weighted by Crippen LogP contribution is 2.31. The van der Waals surface area contributed by atoms with Gasteiger partial charge in [0.15, 0.2) is 11.5 Å². The quantitative estimate of drug-likeness (QED) is 0.490. The third-order valence-corrected chi connectivity index (χ3v) is 3.66. The number of nitrogens with one attached hydrogen (secondary N) is 1. The first-order valence-electron chi connectivity index (χ1n) is 7.32. The molecule has 3 rings (SSSR count). The highest BCUT2D eigenvalue weighted by Gasteiger charge is 2.27. The first kappa shape index (κ1) is 17.5. The topological polar surface area (TPSA) is 126 Å². The van der Waals surface area contributed by atoms with E-state index in [9.17, 15) is 20.0 Å². The molecule has 1 amide bonds. The summed E-state index contributed by atoms with van der Waals surface area (Å²) in [6, 6.07) is 9.05. The van der Waals surface area contributed by atoms with Crippen molar-refractivity contribution in [1.82, 2.24) is 5.43 Å². The molecule has 10 heteroatoms. The number of amides is 1. The van der Waals surface area contributed by atoms with E-state index in [1.807, 2.05) is 0 Å². The average Bonchev–Trinajstić information content (AvgIpc) is 2.63. The van der Waals surface area contributed by atoms with Gasteiger partial charge in [0, 0.05) is 11.1 Å². The number of ether oxygens (including phenoxy) is 2. The summed E-state index contributed by atoms with van der Waals surface area (Å²) in [6.07, 6.45) is 0.0546. The van der Waals surface area contributed by atoms with Crippen molar-refractivity contribution >= 4 is 29.4 Å². The largest absolute Gasteiger partial charge is 0.867 e. The molecule has 2 aromatic carbocycles. The van der Waals surface area contributed by atoms with Crippen LogP contribution in [0.3, 0.4) is 0 Å². The van der Waals surface area contributed by atoms with Crippen molar-refractivity contribution in [2.75, 3.05) is 6.61 Å². The molecule has 0 saturated heterocycles. The molecule has 1 aliphatic rings. The van der Waals surface area contributed by atoms with Gasteiger partial charge in [0.1, 0.15) is 6.61 Å². The molecule has 9 nitrogen and oxygen atoms in total. The zero-order valence-electron chi connectivity index (χ0n) is 13.0. The summed E-state index contributed by atoms with van der Waals surface area (Å²) >= 11 is 5.75. The third kappa shape index (κ3) is 3.67. The van der Waals surface area contributed by atoms with Gasteiger partial charge < -0.3 is 14.6 Å². The van der Waals surface area contributed by atoms with Crippen LogP contribution < -0.4 is 20.0 Å². The summed E-state index contributed by atoms with van der Waals surface area (Å²) in [5.74, 6) is -0.499. The normalized spacial score (nSPS) is 15.7. The molecule has 0 spiro atoms. The summed E-state index contributed by atoms with van der Waals surface area (Å²) in [4.78, 5) is 22.1. The molecule has 0 radical (unpaired) electrons. The van der Waals surface area contributed by atoms with E-state index in [4.69, 9.17) is 21.1 Å². The average molecular weight is 377 g/mol. The smallest absolute Gasteiger partial charge is 0.284 e. The zero-order valence-corrected chi connectivity index (χ0v) is 13.8. The number of hydrazone groups is 1. The van der Waals surface area contributed by atoms with Crippen LogP contribution in [0.1, 0.15) is 5.56 Å². The number of carbonyl (C=O) groups is 1. The first-order chi connectivity index (χ1) is 12.5. The van der Waals surface area contributed by atoms with Gasteiger partial charge in [-0.1, -0.05) is 23.7 Å². The highest BCUT2D eigenvalue weighted by atomic mass is 35.5. The Kier molecular flexibility index (Phi) is 4.90. The van der Waals surface area contributed by atoms with Gasteiger partial charge in [0.25, 0.3) is 11.6 Å². The number of nitro groups is 1. The second-order valence-corrected chi connectivity index (χ2v) is 5.64. The van der Waals surface area contributed by atoms with E-state index >= 15 is 0 Å². The van der Waals surface area contributed by atoms with Gasteiger partial charge in [-0.3, -0.25) is 14.9 Å². The molecule has 2 aromatic rings. The molecule has 26 heavy (non-hydrogen) atoms. The molecule has 0 saturated carbocycles. The minimum atomic E-state index is -0.928. The van der Waals surface area contributed by atoms with Crippen LogP contribution in [0.15, 0.2) is 41.5 Å². The van der Waals surface area contributed by atoms with Gasteiger partial charge in [0.2, 0.25) is 6.10 Å². The van der Waals surface area contributed by atoms with Crippen molar-refractivity contribution in [1.29, 1.82) is 0 Å². The van der Waals surface area contributed by atoms with Crippen molar-refractivity contribution < 1.29 is 24.3 Å². The Labute approximate surface area is 151 Å². The lowest BCUT2D eigenvalue weighted by Gasteiger charge is -2.24. The predicted octanol–water partition coefficient (Wildman–Crippen LogP) is 1.61. The van der Waals surface area contributed by atoms with Gasteiger partial charge in [0.05, 0.1) is 11.1 Å². The van der Waals surface area contributed by atoms with Crippen LogP contribution in [-0.2, 0) is 4.79 Å². The fraction of sp³-hybridized carbons (Fsp3) is 0.125. The van der Waals surface area contributed by atoms with Crippen LogP contribution in [0.2, 0.25) is 5.02 Å². The number of nitro benzene ring substituents is 1. The van der Waals surface area contributed by atoms with E-state index in [-0.39, 0.29) is 17.2 Å². The van der Waals surface area contributed by atoms with Crippen molar-refractivity contribution in [3.05, 3.63) is 57.1 Å². The zero-order chi connectivity index (χ0) is 18.7. The Morgan fingerprint density at radius 3 is 2.81 bits per heavy atom. The highest BCUT2D eigenvalue weighted by molar-refractivity contribution is 6.31. The summed E-state index contributed by atoms with van der Waals surface area (Å²) in [6.45, 7) is -0.00614. The lowest BCUT2D eigenvalue weighted by Crippen LogP contribution is -2.42. The molecule has 0 unspecified atom stereocenters. The van der Waals surface area contributed by atoms with Crippen molar-refractivity contribution in [2.45, 2.75) is 6.10 Å². The molecule has 1 heterocycles. The Bertz CT molecular complexity index is 902. The predicted molar refractivity (Wildman–Crippen MR) is 89.6 cm³/mol. The van der Waals surface area contributed by atoms with Crippen LogP contribution in [-0.4, -0.2) is 29.8 Å². The molecule has 0 fully saturated rings. The van der Waals surface area contributed by atoms with E-state index < -0.39 is 28.4 Å². The molecular formula is C16H11ClN3O6-. The van der Waals surface area contributed by atoms with E-state index in [1.54, 1.807) is 24.3 Å². The molecule has 134 valence electrons. The number of para-hydroxylation sites is 2. The number of halogens is 1. The van der Waals surface area contributed by atoms with E-state index in [2.05, 4.69) is 10.5 Å². The van der Waals surface area contributed by atoms with E-state index in [0.717, 1.165) is 12.3 Å². The Hall–Kier alpha value is -3.33. The number of hydrogen-bond donors (Lipinski definition) is 1. The molecule has 1 N–H and O–H groups in total. The second-order valence-electron chi connectivity index (χ2n) is 5.20. The second kappa shape index (κ2) is 7.28. The molecule has 1 aliphatic heterocycles. The van der Waals surface area contributed by atoms with Crippen LogP contribution in [0.5, 0.6) is 17.2 Å². The number of fused-ring (bicyclic) bond motifs is 1. The maximum absolute atomic E-state index is 12.1. The minimum Gasteiger partial charge on any atom is -0.867 e. The van der Waals surface area contributed by atoms with Crippen molar-refractivity contribution in [3.8, 4) is 17.2 Å². The fourth-order valence-corrected chi connectivity index (χ4v) is 2.44. The fourth-order valence-electron chi connectivity index (χ4n) is 2.22. The van der Waals surface area contributed by atoms with Gasteiger partial charge in [-0.05, 0) is 29.5 Å². The van der Waals surface area contributed by atoms with Crippen LogP contribution in [0.25, 0.3) is 0 Å². The minimum absolute atomic E-state index is 0.00435. The van der Waals surface area contributed by atoms with Crippen LogP contribution in [0.4, 0.5) is 5.69 Å². The number of rotatable bonds is 4. The molecule has 0 bridgehead atoms. The lowest BCUT2D eigenvalue weighted by atomic mass is 10.2. The number of hydrogen-bond acceptors (Lipinski definition) is 7. The number of carbonyl (C=O) groups excluding carboxylic acids is 1. The van der Waals surface area contributed by atoms with Gasteiger partial charge in [-0.25, -0.2) is 5.43 Å². The Morgan fingerprint density at radius 2 is 2.08 bits per heavy atom. The van der Waals surface area contributed by atoms with E-state index in [1.165, 1.54) is 6.07 Å². The van der Waals surface area contributed by atoms with E-state index in [0.29, 0.717) is 11.5 Å². The first-order valence-corrected chi connectivity index (χ1v) is 7.70. The van der Waals surface area contributed by atoms with Gasteiger partial charge in [-0.15, -0.1) is 0 Å². The van der Waals surface area contributed by atoms with Crippen LogP contribution in [0, 0.1) is 10.1 Å². The summed E-state index contributed by atoms with van der Waals surface area (Å²) in [5.41, 5.74) is 1.40. The van der Waals surface area contributed by atoms with Crippen molar-refractivity contribution in [3.63, 3.8) is 0 Å². The molecule has 0 aliphatic carbocycles. The maximum atomic E-state index is 12.1. The number of benzene rings is 2. The monoisotopic (exact) mass is 376 g/mol. The Balaban J connectivity index is 1.68. The lowest BCUT2D eigenvalue weighted by molar-refractivity contribution is -0.398. The van der Waals surface area contributed by atoms with Crippen molar-refractivity contribution in [2.24, 2.45) is 5.10 Å². The SMILES string of the molecule is O=C(N/N=C\c1cc(Cl)cc([N+](=O)[O-])c1[O-])[C@@H]1COc2ccccc2O1. The third-order valence-electron chi connectivity index (χ3n) is 3.44. The molecular weight excluding hydrogens is 366 g/mol. The molecule has 0 aromatic heterocycles. The number of nitrogens with zero attached hydrogens (tertiary/aromatic N) is 2. The van der Waals surface area contributed by atoms with Gasteiger partial charge >= 0.3 is 0 Å². The maximum Gasteiger partial charge on any atom is 0.284 e. The summed E-state index contributed by atoms with van der Waals surface area (Å²) in [7, 11) is 0.